The van der Waals surface area contributed by atoms with Gasteiger partial charge in [0.15, 0.2) is 5.69 Å². The molecule has 11 heteroatoms. The Kier molecular flexibility index (Phi) is 5.42. The molecule has 0 aromatic carbocycles. The molecule has 0 fully saturated rings. The van der Waals surface area contributed by atoms with Gasteiger partial charge in [-0.05, 0) is 31.4 Å². The smallest absolute Gasteiger partial charge is 0.435 e. The van der Waals surface area contributed by atoms with Crippen molar-refractivity contribution in [2.75, 3.05) is 7.11 Å². The van der Waals surface area contributed by atoms with E-state index in [0.29, 0.717) is 24.5 Å². The van der Waals surface area contributed by atoms with E-state index in [-0.39, 0.29) is 11.7 Å². The van der Waals surface area contributed by atoms with Gasteiger partial charge in [0.05, 0.1) is 24.5 Å². The van der Waals surface area contributed by atoms with E-state index in [1.807, 2.05) is 16.8 Å². The highest BCUT2D eigenvalue weighted by molar-refractivity contribution is 5.93. The van der Waals surface area contributed by atoms with Crippen molar-refractivity contribution in [1.82, 2.24) is 29.9 Å². The third-order valence-electron chi connectivity index (χ3n) is 5.23. The van der Waals surface area contributed by atoms with Crippen molar-refractivity contribution in [3.8, 4) is 17.1 Å². The molecule has 1 N–H and O–H groups in total. The zero-order valence-electron chi connectivity index (χ0n) is 17.0. The van der Waals surface area contributed by atoms with Gasteiger partial charge in [-0.3, -0.25) is 14.2 Å². The molecule has 1 aliphatic rings. The van der Waals surface area contributed by atoms with Crippen LogP contribution in [0.25, 0.3) is 11.3 Å². The molecule has 0 aliphatic carbocycles. The Hall–Kier alpha value is -3.37. The van der Waals surface area contributed by atoms with Gasteiger partial charge in [-0.2, -0.15) is 23.4 Å². The van der Waals surface area contributed by atoms with E-state index in [4.69, 9.17) is 4.74 Å². The SMILES string of the molecule is COc1cc(-c2cc3n(n2)CCCC[C@@H]3NC(=O)c2cc(C(F)(F)F)nn2C)ccn1. The van der Waals surface area contributed by atoms with Gasteiger partial charge in [0, 0.05) is 37.5 Å². The maximum Gasteiger partial charge on any atom is 0.435 e. The molecule has 0 spiro atoms. The summed E-state index contributed by atoms with van der Waals surface area (Å²) in [4.78, 5) is 16.9. The number of amides is 1. The van der Waals surface area contributed by atoms with Crippen molar-refractivity contribution in [3.63, 3.8) is 0 Å². The fraction of sp³-hybridized carbons (Fsp3) is 0.400. The van der Waals surface area contributed by atoms with Crippen LogP contribution in [0.15, 0.2) is 30.5 Å². The fourth-order valence-electron chi connectivity index (χ4n) is 3.67. The van der Waals surface area contributed by atoms with Crippen LogP contribution >= 0.6 is 0 Å². The lowest BCUT2D eigenvalue weighted by Crippen LogP contribution is -2.30. The van der Waals surface area contributed by atoms with E-state index in [2.05, 4.69) is 20.5 Å². The van der Waals surface area contributed by atoms with Crippen LogP contribution in [-0.4, -0.2) is 37.6 Å². The molecule has 31 heavy (non-hydrogen) atoms. The minimum absolute atomic E-state index is 0.151. The Morgan fingerprint density at radius 2 is 2.03 bits per heavy atom. The van der Waals surface area contributed by atoms with Crippen LogP contribution in [0, 0.1) is 0 Å². The number of fused-ring (bicyclic) bond motifs is 1. The number of alkyl halides is 3. The number of nitrogens with one attached hydrogen (secondary N) is 1. The first-order valence-corrected chi connectivity index (χ1v) is 9.76. The predicted molar refractivity (Wildman–Crippen MR) is 104 cm³/mol. The van der Waals surface area contributed by atoms with E-state index in [1.165, 1.54) is 14.2 Å². The van der Waals surface area contributed by atoms with Crippen LogP contribution in [-0.2, 0) is 19.8 Å². The molecule has 8 nitrogen and oxygen atoms in total. The van der Waals surface area contributed by atoms with Crippen LogP contribution in [0.4, 0.5) is 13.2 Å². The van der Waals surface area contributed by atoms with Gasteiger partial charge in [-0.15, -0.1) is 0 Å². The minimum Gasteiger partial charge on any atom is -0.481 e. The predicted octanol–water partition coefficient (Wildman–Crippen LogP) is 3.36. The Balaban J connectivity index is 1.61. The number of hydrogen-bond acceptors (Lipinski definition) is 5. The number of hydrogen-bond donors (Lipinski definition) is 1. The molecule has 3 aromatic heterocycles. The molecule has 4 rings (SSSR count). The number of pyridine rings is 1. The van der Waals surface area contributed by atoms with E-state index < -0.39 is 17.8 Å². The van der Waals surface area contributed by atoms with Gasteiger partial charge < -0.3 is 10.1 Å². The number of aryl methyl sites for hydroxylation is 2. The molecule has 0 bridgehead atoms. The number of carbonyl (C=O) groups excluding carboxylic acids is 1. The summed E-state index contributed by atoms with van der Waals surface area (Å²) in [5, 5.41) is 10.9. The van der Waals surface area contributed by atoms with Crippen LogP contribution in [0.3, 0.4) is 0 Å². The number of halogens is 3. The summed E-state index contributed by atoms with van der Waals surface area (Å²) in [6.07, 6.45) is -0.604. The van der Waals surface area contributed by atoms with Gasteiger partial charge >= 0.3 is 6.18 Å². The number of aromatic nitrogens is 5. The molecule has 0 radical (unpaired) electrons. The Labute approximate surface area is 176 Å². The van der Waals surface area contributed by atoms with Crippen molar-refractivity contribution in [2.24, 2.45) is 7.05 Å². The number of ether oxygens (including phenoxy) is 1. The number of rotatable bonds is 4. The fourth-order valence-corrected chi connectivity index (χ4v) is 3.67. The van der Waals surface area contributed by atoms with Crippen molar-refractivity contribution >= 4 is 5.91 Å². The van der Waals surface area contributed by atoms with Crippen molar-refractivity contribution < 1.29 is 22.7 Å². The zero-order valence-corrected chi connectivity index (χ0v) is 17.0. The number of carbonyl (C=O) groups is 1. The number of nitrogens with zero attached hydrogens (tertiary/aromatic N) is 5. The summed E-state index contributed by atoms with van der Waals surface area (Å²) in [7, 11) is 2.85. The molecule has 1 amide bonds. The quantitative estimate of drug-likeness (QED) is 0.681. The van der Waals surface area contributed by atoms with Crippen molar-refractivity contribution in [1.29, 1.82) is 0 Å². The molecule has 4 heterocycles. The Morgan fingerprint density at radius 3 is 2.74 bits per heavy atom. The maximum atomic E-state index is 12.9. The largest absolute Gasteiger partial charge is 0.481 e. The maximum absolute atomic E-state index is 12.9. The molecule has 0 unspecified atom stereocenters. The second kappa shape index (κ2) is 8.05. The molecule has 0 saturated carbocycles. The first kappa shape index (κ1) is 20.9. The van der Waals surface area contributed by atoms with Crippen LogP contribution < -0.4 is 10.1 Å². The monoisotopic (exact) mass is 434 g/mol. The van der Waals surface area contributed by atoms with Gasteiger partial charge in [-0.1, -0.05) is 0 Å². The third-order valence-corrected chi connectivity index (χ3v) is 5.23. The standard InChI is InChI=1S/C20H21F3N6O2/c1-28-16(11-17(27-28)20(21,22)23)19(30)25-13-5-3-4-8-29-15(13)10-14(26-29)12-6-7-24-18(9-12)31-2/h6-7,9-11,13H,3-5,8H2,1-2H3,(H,25,30)/t13-/m0/s1. The van der Waals surface area contributed by atoms with Crippen molar-refractivity contribution in [2.45, 2.75) is 38.0 Å². The van der Waals surface area contributed by atoms with Gasteiger partial charge in [0.25, 0.3) is 5.91 Å². The topological polar surface area (TPSA) is 86.9 Å². The molecule has 1 aliphatic heterocycles. The summed E-state index contributed by atoms with van der Waals surface area (Å²) in [6, 6.07) is 5.84. The first-order valence-electron chi connectivity index (χ1n) is 9.76. The zero-order chi connectivity index (χ0) is 22.2. The number of methoxy groups -OCH3 is 1. The molecule has 3 aromatic rings. The van der Waals surface area contributed by atoms with Crippen LogP contribution in [0.5, 0.6) is 5.88 Å². The summed E-state index contributed by atoms with van der Waals surface area (Å²) < 4.78 is 46.8. The van der Waals surface area contributed by atoms with E-state index >= 15 is 0 Å². The van der Waals surface area contributed by atoms with Crippen molar-refractivity contribution in [3.05, 3.63) is 47.5 Å². The van der Waals surface area contributed by atoms with E-state index in [9.17, 15) is 18.0 Å². The first-order chi connectivity index (χ1) is 14.8. The van der Waals surface area contributed by atoms with E-state index in [0.717, 1.165) is 34.8 Å². The molecule has 0 saturated heterocycles. The highest BCUT2D eigenvalue weighted by atomic mass is 19.4. The minimum atomic E-state index is -4.61. The average molecular weight is 434 g/mol. The second-order valence-corrected chi connectivity index (χ2v) is 7.32. The van der Waals surface area contributed by atoms with Crippen LogP contribution in [0.1, 0.15) is 47.2 Å². The molecule has 164 valence electrons. The molecular formula is C20H21F3N6O2. The average Bonchev–Trinajstić information content (AvgIpc) is 3.29. The Morgan fingerprint density at radius 1 is 1.23 bits per heavy atom. The van der Waals surface area contributed by atoms with Gasteiger partial charge in [0.2, 0.25) is 5.88 Å². The Bertz CT molecular complexity index is 1100. The lowest BCUT2D eigenvalue weighted by Gasteiger charge is -2.17. The summed E-state index contributed by atoms with van der Waals surface area (Å²) in [6.45, 7) is 0.688. The normalized spacial score (nSPS) is 16.5. The highest BCUT2D eigenvalue weighted by Gasteiger charge is 2.36. The van der Waals surface area contributed by atoms with Gasteiger partial charge in [0.1, 0.15) is 5.69 Å². The summed E-state index contributed by atoms with van der Waals surface area (Å²) >= 11 is 0. The molecular weight excluding hydrogens is 413 g/mol. The second-order valence-electron chi connectivity index (χ2n) is 7.32. The lowest BCUT2D eigenvalue weighted by atomic mass is 10.1. The van der Waals surface area contributed by atoms with E-state index in [1.54, 1.807) is 12.3 Å². The highest BCUT2D eigenvalue weighted by Crippen LogP contribution is 2.31. The third kappa shape index (κ3) is 4.25. The van der Waals surface area contributed by atoms with Gasteiger partial charge in [-0.25, -0.2) is 4.98 Å². The lowest BCUT2D eigenvalue weighted by molar-refractivity contribution is -0.141. The molecule has 1 atom stereocenters. The summed E-state index contributed by atoms with van der Waals surface area (Å²) in [5.74, 6) is -0.153. The summed E-state index contributed by atoms with van der Waals surface area (Å²) in [5.41, 5.74) is 1.08. The van der Waals surface area contributed by atoms with Crippen LogP contribution in [0.2, 0.25) is 0 Å².